The van der Waals surface area contributed by atoms with Gasteiger partial charge in [-0.15, -0.1) is 0 Å². The zero-order valence-corrected chi connectivity index (χ0v) is 9.58. The van der Waals surface area contributed by atoms with Gasteiger partial charge in [-0.1, -0.05) is 0 Å². The van der Waals surface area contributed by atoms with Crippen LogP contribution in [0.15, 0.2) is 28.7 Å². The monoisotopic (exact) mass is 249 g/mol. The number of hydrogen-bond acceptors (Lipinski definition) is 3. The Hall–Kier alpha value is -2.50. The first kappa shape index (κ1) is 12.0. The van der Waals surface area contributed by atoms with Gasteiger partial charge in [0, 0.05) is 5.69 Å². The van der Waals surface area contributed by atoms with Gasteiger partial charge < -0.3 is 19.2 Å². The summed E-state index contributed by atoms with van der Waals surface area (Å²) in [6.07, 6.45) is 0. The lowest BCUT2D eigenvalue weighted by Gasteiger charge is -2.06. The van der Waals surface area contributed by atoms with Gasteiger partial charge in [0.05, 0.1) is 6.54 Å². The molecule has 0 aliphatic heterocycles. The normalized spacial score (nSPS) is 10.5. The Bertz CT molecular complexity index is 608. The van der Waals surface area contributed by atoms with E-state index in [4.69, 9.17) is 14.6 Å². The SMILES string of the molecule is Cc1ccc(C(=O)O)n1Cc1ccc(C(=O)O)o1. The number of carboxylic acids is 2. The fourth-order valence-electron chi connectivity index (χ4n) is 1.70. The van der Waals surface area contributed by atoms with Crippen LogP contribution in [0.3, 0.4) is 0 Å². The second-order valence-corrected chi connectivity index (χ2v) is 3.82. The van der Waals surface area contributed by atoms with Crippen LogP contribution in [-0.4, -0.2) is 26.7 Å². The van der Waals surface area contributed by atoms with Crippen LogP contribution in [0.4, 0.5) is 0 Å². The summed E-state index contributed by atoms with van der Waals surface area (Å²) in [4.78, 5) is 21.7. The lowest BCUT2D eigenvalue weighted by molar-refractivity contribution is 0.0653. The predicted octanol–water partition coefficient (Wildman–Crippen LogP) is 1.83. The molecule has 2 heterocycles. The van der Waals surface area contributed by atoms with Crippen LogP contribution < -0.4 is 0 Å². The van der Waals surface area contributed by atoms with Crippen molar-refractivity contribution in [3.63, 3.8) is 0 Å². The van der Waals surface area contributed by atoms with Gasteiger partial charge in [0.15, 0.2) is 0 Å². The van der Waals surface area contributed by atoms with Gasteiger partial charge >= 0.3 is 11.9 Å². The molecule has 0 unspecified atom stereocenters. The van der Waals surface area contributed by atoms with Crippen molar-refractivity contribution < 1.29 is 24.2 Å². The van der Waals surface area contributed by atoms with Gasteiger partial charge in [-0.3, -0.25) is 0 Å². The van der Waals surface area contributed by atoms with Crippen LogP contribution in [-0.2, 0) is 6.54 Å². The van der Waals surface area contributed by atoms with E-state index in [-0.39, 0.29) is 18.0 Å². The molecule has 94 valence electrons. The first-order chi connectivity index (χ1) is 8.49. The molecule has 0 atom stereocenters. The highest BCUT2D eigenvalue weighted by Gasteiger charge is 2.14. The van der Waals surface area contributed by atoms with Crippen molar-refractivity contribution in [1.82, 2.24) is 4.57 Å². The molecule has 0 aromatic carbocycles. The van der Waals surface area contributed by atoms with Crippen LogP contribution in [0.25, 0.3) is 0 Å². The average molecular weight is 249 g/mol. The zero-order valence-electron chi connectivity index (χ0n) is 9.58. The van der Waals surface area contributed by atoms with Crippen LogP contribution in [0, 0.1) is 6.92 Å². The Kier molecular flexibility index (Phi) is 2.93. The summed E-state index contributed by atoms with van der Waals surface area (Å²) >= 11 is 0. The first-order valence-electron chi connectivity index (χ1n) is 5.20. The third-order valence-corrected chi connectivity index (χ3v) is 2.60. The molecular formula is C12H11NO5. The topological polar surface area (TPSA) is 92.7 Å². The summed E-state index contributed by atoms with van der Waals surface area (Å²) in [6, 6.07) is 6.05. The number of rotatable bonds is 4. The average Bonchev–Trinajstić information content (AvgIpc) is 2.88. The molecule has 0 radical (unpaired) electrons. The molecule has 0 aliphatic rings. The van der Waals surface area contributed by atoms with E-state index >= 15 is 0 Å². The van der Waals surface area contributed by atoms with Crippen molar-refractivity contribution >= 4 is 11.9 Å². The molecule has 0 aliphatic carbocycles. The summed E-state index contributed by atoms with van der Waals surface area (Å²) in [5.41, 5.74) is 0.904. The summed E-state index contributed by atoms with van der Waals surface area (Å²) in [5, 5.41) is 17.7. The highest BCUT2D eigenvalue weighted by molar-refractivity contribution is 5.86. The molecule has 0 fully saturated rings. The molecule has 0 spiro atoms. The fraction of sp³-hybridized carbons (Fsp3) is 0.167. The molecule has 6 nitrogen and oxygen atoms in total. The summed E-state index contributed by atoms with van der Waals surface area (Å²) < 4.78 is 6.64. The molecule has 2 N–H and O–H groups in total. The minimum atomic E-state index is -1.15. The smallest absolute Gasteiger partial charge is 0.371 e. The maximum atomic E-state index is 11.0. The third-order valence-electron chi connectivity index (χ3n) is 2.60. The first-order valence-corrected chi connectivity index (χ1v) is 5.20. The minimum absolute atomic E-state index is 0.140. The molecule has 6 heteroatoms. The Morgan fingerprint density at radius 3 is 2.44 bits per heavy atom. The van der Waals surface area contributed by atoms with E-state index < -0.39 is 11.9 Å². The molecule has 0 saturated carbocycles. The number of furan rings is 1. The fourth-order valence-corrected chi connectivity index (χ4v) is 1.70. The Morgan fingerprint density at radius 2 is 1.89 bits per heavy atom. The van der Waals surface area contributed by atoms with Gasteiger partial charge in [0.25, 0.3) is 0 Å². The Morgan fingerprint density at radius 1 is 1.17 bits per heavy atom. The van der Waals surface area contributed by atoms with E-state index in [1.165, 1.54) is 18.2 Å². The summed E-state index contributed by atoms with van der Waals surface area (Å²) in [5.74, 6) is -1.95. The molecule has 2 aromatic heterocycles. The highest BCUT2D eigenvalue weighted by atomic mass is 16.4. The van der Waals surface area contributed by atoms with Crippen molar-refractivity contribution in [3.05, 3.63) is 47.2 Å². The van der Waals surface area contributed by atoms with E-state index in [0.717, 1.165) is 5.69 Å². The van der Waals surface area contributed by atoms with Crippen LogP contribution >= 0.6 is 0 Å². The van der Waals surface area contributed by atoms with Gasteiger partial charge in [0.2, 0.25) is 5.76 Å². The lowest BCUT2D eigenvalue weighted by atomic mass is 10.4. The molecule has 2 rings (SSSR count). The van der Waals surface area contributed by atoms with Gasteiger partial charge in [-0.05, 0) is 31.2 Å². The van der Waals surface area contributed by atoms with Crippen LogP contribution in [0.1, 0.15) is 32.5 Å². The Labute approximate surface area is 102 Å². The quantitative estimate of drug-likeness (QED) is 0.862. The third kappa shape index (κ3) is 2.13. The van der Waals surface area contributed by atoms with Crippen molar-refractivity contribution in [1.29, 1.82) is 0 Å². The zero-order chi connectivity index (χ0) is 13.3. The molecule has 0 saturated heterocycles. The second-order valence-electron chi connectivity index (χ2n) is 3.82. The number of aromatic nitrogens is 1. The maximum Gasteiger partial charge on any atom is 0.371 e. The molecule has 18 heavy (non-hydrogen) atoms. The van der Waals surface area contributed by atoms with Crippen molar-refractivity contribution in [3.8, 4) is 0 Å². The minimum Gasteiger partial charge on any atom is -0.477 e. The van der Waals surface area contributed by atoms with Gasteiger partial charge in [0.1, 0.15) is 11.5 Å². The molecule has 2 aromatic rings. The van der Waals surface area contributed by atoms with Crippen molar-refractivity contribution in [2.45, 2.75) is 13.5 Å². The number of nitrogens with zero attached hydrogens (tertiary/aromatic N) is 1. The van der Waals surface area contributed by atoms with E-state index in [9.17, 15) is 9.59 Å². The lowest BCUT2D eigenvalue weighted by Crippen LogP contribution is -2.10. The van der Waals surface area contributed by atoms with Crippen LogP contribution in [0.5, 0.6) is 0 Å². The van der Waals surface area contributed by atoms with Crippen molar-refractivity contribution in [2.75, 3.05) is 0 Å². The number of carbonyl (C=O) groups is 2. The number of aryl methyl sites for hydroxylation is 1. The summed E-state index contributed by atoms with van der Waals surface area (Å²) in [6.45, 7) is 1.96. The number of hydrogen-bond donors (Lipinski definition) is 2. The van der Waals surface area contributed by atoms with Gasteiger partial charge in [-0.2, -0.15) is 0 Å². The molecule has 0 bridgehead atoms. The maximum absolute atomic E-state index is 11.0. The largest absolute Gasteiger partial charge is 0.477 e. The van der Waals surface area contributed by atoms with E-state index in [1.54, 1.807) is 17.6 Å². The van der Waals surface area contributed by atoms with E-state index in [1.807, 2.05) is 0 Å². The van der Waals surface area contributed by atoms with Gasteiger partial charge in [-0.25, -0.2) is 9.59 Å². The second kappa shape index (κ2) is 4.40. The molecular weight excluding hydrogens is 238 g/mol. The van der Waals surface area contributed by atoms with Crippen LogP contribution in [0.2, 0.25) is 0 Å². The standard InChI is InChI=1S/C12H11NO5/c1-7-2-4-9(11(14)15)13(7)6-8-3-5-10(18-8)12(16)17/h2-5H,6H2,1H3,(H,14,15)(H,16,17). The van der Waals surface area contributed by atoms with Crippen molar-refractivity contribution in [2.24, 2.45) is 0 Å². The predicted molar refractivity (Wildman–Crippen MR) is 60.9 cm³/mol. The number of carboxylic acid groups (broad SMARTS) is 2. The van der Waals surface area contributed by atoms with E-state index in [2.05, 4.69) is 0 Å². The molecule has 0 amide bonds. The Balaban J connectivity index is 2.30. The van der Waals surface area contributed by atoms with E-state index in [0.29, 0.717) is 5.76 Å². The summed E-state index contributed by atoms with van der Waals surface area (Å²) in [7, 11) is 0. The highest BCUT2D eigenvalue weighted by Crippen LogP contribution is 2.14. The number of aromatic carboxylic acids is 2.